The first kappa shape index (κ1) is 20.3. The number of carbonyl (C=O) groups excluding carboxylic acids is 2. The zero-order valence-corrected chi connectivity index (χ0v) is 16.9. The number of carbonyl (C=O) groups is 2. The predicted octanol–water partition coefficient (Wildman–Crippen LogP) is 3.60. The van der Waals surface area contributed by atoms with Crippen LogP contribution in [0.25, 0.3) is 11.3 Å². The van der Waals surface area contributed by atoms with Gasteiger partial charge in [-0.3, -0.25) is 9.59 Å². The molecule has 2 amide bonds. The number of benzene rings is 2. The maximum absolute atomic E-state index is 12.4. The van der Waals surface area contributed by atoms with Crippen LogP contribution in [0.15, 0.2) is 59.1 Å². The molecule has 0 spiro atoms. The lowest BCUT2D eigenvalue weighted by Crippen LogP contribution is -2.26. The number of hydrogen-bond donors (Lipinski definition) is 1. The largest absolute Gasteiger partial charge is 0.441 e. The first-order valence-corrected chi connectivity index (χ1v) is 9.53. The number of amides is 2. The molecule has 0 aliphatic rings. The lowest BCUT2D eigenvalue weighted by Gasteiger charge is -2.17. The summed E-state index contributed by atoms with van der Waals surface area (Å²) in [5.41, 5.74) is 3.72. The van der Waals surface area contributed by atoms with E-state index in [1.54, 1.807) is 37.3 Å². The fourth-order valence-electron chi connectivity index (χ4n) is 2.95. The van der Waals surface area contributed by atoms with Crippen LogP contribution in [-0.2, 0) is 17.8 Å². The zero-order chi connectivity index (χ0) is 20.8. The predicted molar refractivity (Wildman–Crippen MR) is 111 cm³/mol. The first-order valence-electron chi connectivity index (χ1n) is 9.53. The van der Waals surface area contributed by atoms with Gasteiger partial charge in [0.25, 0.3) is 5.91 Å². The van der Waals surface area contributed by atoms with Crippen LogP contribution in [0.1, 0.15) is 33.8 Å². The Kier molecular flexibility index (Phi) is 6.44. The van der Waals surface area contributed by atoms with Crippen LogP contribution in [0.3, 0.4) is 0 Å². The Labute approximate surface area is 170 Å². The van der Waals surface area contributed by atoms with Crippen LogP contribution in [0.2, 0.25) is 0 Å². The van der Waals surface area contributed by atoms with Crippen LogP contribution in [0, 0.1) is 6.92 Å². The van der Waals surface area contributed by atoms with Crippen molar-refractivity contribution in [1.29, 1.82) is 0 Å². The molecule has 0 unspecified atom stereocenters. The molecular weight excluding hydrogens is 366 g/mol. The number of rotatable bonds is 7. The van der Waals surface area contributed by atoms with E-state index in [2.05, 4.69) is 10.3 Å². The molecule has 0 fully saturated rings. The normalized spacial score (nSPS) is 10.6. The second-order valence-corrected chi connectivity index (χ2v) is 7.01. The smallest absolute Gasteiger partial charge is 0.251 e. The van der Waals surface area contributed by atoms with Crippen molar-refractivity contribution in [3.05, 3.63) is 77.3 Å². The highest BCUT2D eigenvalue weighted by Gasteiger charge is 2.13. The SMILES string of the molecule is CNC(=O)c1ccc(CN(C)C(=O)CCc2ncc(-c3ccc(C)cc3)o2)cc1. The van der Waals surface area contributed by atoms with Gasteiger partial charge in [0.15, 0.2) is 11.7 Å². The highest BCUT2D eigenvalue weighted by molar-refractivity contribution is 5.93. The molecule has 150 valence electrons. The maximum atomic E-state index is 12.4. The zero-order valence-electron chi connectivity index (χ0n) is 16.9. The number of nitrogens with zero attached hydrogens (tertiary/aromatic N) is 2. The van der Waals surface area contributed by atoms with E-state index >= 15 is 0 Å². The lowest BCUT2D eigenvalue weighted by molar-refractivity contribution is -0.130. The Morgan fingerprint density at radius 1 is 1.07 bits per heavy atom. The minimum Gasteiger partial charge on any atom is -0.441 e. The average molecular weight is 391 g/mol. The van der Waals surface area contributed by atoms with Crippen molar-refractivity contribution in [3.63, 3.8) is 0 Å². The summed E-state index contributed by atoms with van der Waals surface area (Å²) in [5, 5.41) is 2.59. The van der Waals surface area contributed by atoms with Gasteiger partial charge in [-0.25, -0.2) is 4.98 Å². The molecule has 2 aromatic carbocycles. The highest BCUT2D eigenvalue weighted by atomic mass is 16.4. The van der Waals surface area contributed by atoms with Crippen LogP contribution in [0.5, 0.6) is 0 Å². The summed E-state index contributed by atoms with van der Waals surface area (Å²) >= 11 is 0. The van der Waals surface area contributed by atoms with Gasteiger partial charge in [-0.15, -0.1) is 0 Å². The van der Waals surface area contributed by atoms with Crippen LogP contribution >= 0.6 is 0 Å². The van der Waals surface area contributed by atoms with Crippen molar-refractivity contribution in [2.45, 2.75) is 26.3 Å². The summed E-state index contributed by atoms with van der Waals surface area (Å²) in [5.74, 6) is 1.14. The minimum absolute atomic E-state index is 0.00969. The van der Waals surface area contributed by atoms with Gasteiger partial charge in [0, 0.05) is 44.6 Å². The van der Waals surface area contributed by atoms with Crippen LogP contribution in [-0.4, -0.2) is 35.8 Å². The Hall–Kier alpha value is -3.41. The Morgan fingerprint density at radius 3 is 2.41 bits per heavy atom. The molecule has 1 heterocycles. The van der Waals surface area contributed by atoms with Crippen molar-refractivity contribution in [1.82, 2.24) is 15.2 Å². The summed E-state index contributed by atoms with van der Waals surface area (Å²) in [6, 6.07) is 15.3. The number of nitrogens with one attached hydrogen (secondary N) is 1. The van der Waals surface area contributed by atoms with Gasteiger partial charge in [-0.05, 0) is 24.6 Å². The van der Waals surface area contributed by atoms with E-state index < -0.39 is 0 Å². The van der Waals surface area contributed by atoms with Crippen molar-refractivity contribution < 1.29 is 14.0 Å². The molecule has 0 radical (unpaired) electrons. The number of hydrogen-bond acceptors (Lipinski definition) is 4. The van der Waals surface area contributed by atoms with E-state index in [1.165, 1.54) is 5.56 Å². The molecule has 3 rings (SSSR count). The molecule has 29 heavy (non-hydrogen) atoms. The molecule has 1 aromatic heterocycles. The van der Waals surface area contributed by atoms with Crippen molar-refractivity contribution in [2.75, 3.05) is 14.1 Å². The second kappa shape index (κ2) is 9.19. The molecule has 0 saturated heterocycles. The van der Waals surface area contributed by atoms with E-state index in [-0.39, 0.29) is 11.8 Å². The van der Waals surface area contributed by atoms with E-state index in [9.17, 15) is 9.59 Å². The van der Waals surface area contributed by atoms with E-state index in [4.69, 9.17) is 4.42 Å². The van der Waals surface area contributed by atoms with Gasteiger partial charge in [0.1, 0.15) is 0 Å². The molecule has 0 bridgehead atoms. The summed E-state index contributed by atoms with van der Waals surface area (Å²) in [6.45, 7) is 2.51. The first-order chi connectivity index (χ1) is 14.0. The molecule has 6 heteroatoms. The average Bonchev–Trinajstić information content (AvgIpc) is 3.21. The van der Waals surface area contributed by atoms with Gasteiger partial charge in [-0.1, -0.05) is 42.0 Å². The summed E-state index contributed by atoms with van der Waals surface area (Å²) in [4.78, 5) is 30.0. The third kappa shape index (κ3) is 5.31. The molecule has 3 aromatic rings. The van der Waals surface area contributed by atoms with Gasteiger partial charge in [0.2, 0.25) is 5.91 Å². The fraction of sp³-hybridized carbons (Fsp3) is 0.261. The standard InChI is InChI=1S/C23H25N3O3/c1-16-4-8-18(9-5-16)20-14-25-21(29-20)12-13-22(27)26(3)15-17-6-10-19(11-7-17)23(28)24-2/h4-11,14H,12-13,15H2,1-3H3,(H,24,28). The topological polar surface area (TPSA) is 75.4 Å². The van der Waals surface area contributed by atoms with E-state index in [0.717, 1.165) is 11.1 Å². The van der Waals surface area contributed by atoms with Crippen molar-refractivity contribution in [3.8, 4) is 11.3 Å². The summed E-state index contributed by atoms with van der Waals surface area (Å²) in [6.07, 6.45) is 2.47. The number of aromatic nitrogens is 1. The molecular formula is C23H25N3O3. The third-order valence-corrected chi connectivity index (χ3v) is 4.73. The molecule has 1 N–H and O–H groups in total. The number of aryl methyl sites for hydroxylation is 2. The fourth-order valence-corrected chi connectivity index (χ4v) is 2.95. The van der Waals surface area contributed by atoms with Crippen LogP contribution < -0.4 is 5.32 Å². The van der Waals surface area contributed by atoms with Crippen LogP contribution in [0.4, 0.5) is 0 Å². The number of oxazole rings is 1. The van der Waals surface area contributed by atoms with Crippen molar-refractivity contribution >= 4 is 11.8 Å². The molecule has 0 aliphatic carbocycles. The van der Waals surface area contributed by atoms with Gasteiger partial charge < -0.3 is 14.6 Å². The van der Waals surface area contributed by atoms with Gasteiger partial charge in [-0.2, -0.15) is 0 Å². The molecule has 0 aliphatic heterocycles. The third-order valence-electron chi connectivity index (χ3n) is 4.73. The van der Waals surface area contributed by atoms with Crippen molar-refractivity contribution in [2.24, 2.45) is 0 Å². The summed E-state index contributed by atoms with van der Waals surface area (Å²) in [7, 11) is 3.36. The molecule has 0 atom stereocenters. The maximum Gasteiger partial charge on any atom is 0.251 e. The molecule has 0 saturated carbocycles. The highest BCUT2D eigenvalue weighted by Crippen LogP contribution is 2.21. The second-order valence-electron chi connectivity index (χ2n) is 7.01. The monoisotopic (exact) mass is 391 g/mol. The lowest BCUT2D eigenvalue weighted by atomic mass is 10.1. The quantitative estimate of drug-likeness (QED) is 0.668. The summed E-state index contributed by atoms with van der Waals surface area (Å²) < 4.78 is 5.78. The Bertz CT molecular complexity index is 975. The minimum atomic E-state index is -0.128. The molecule has 6 nitrogen and oxygen atoms in total. The van der Waals surface area contributed by atoms with Gasteiger partial charge >= 0.3 is 0 Å². The van der Waals surface area contributed by atoms with E-state index in [0.29, 0.717) is 36.6 Å². The Morgan fingerprint density at radius 2 is 1.76 bits per heavy atom. The van der Waals surface area contributed by atoms with E-state index in [1.807, 2.05) is 43.3 Å². The van der Waals surface area contributed by atoms with Gasteiger partial charge in [0.05, 0.1) is 6.20 Å². The Balaban J connectivity index is 1.52.